The second-order valence-corrected chi connectivity index (χ2v) is 5.37. The molecule has 2 rings (SSSR count). The van der Waals surface area contributed by atoms with E-state index in [1.54, 1.807) is 0 Å². The van der Waals surface area contributed by atoms with Crippen molar-refractivity contribution in [2.24, 2.45) is 5.73 Å². The largest absolute Gasteiger partial charge is 0.494 e. The van der Waals surface area contributed by atoms with Gasteiger partial charge < -0.3 is 10.5 Å². The van der Waals surface area contributed by atoms with Crippen molar-refractivity contribution in [3.8, 4) is 5.75 Å². The number of hydrogen-bond acceptors (Lipinski definition) is 2. The predicted molar refractivity (Wildman–Crippen MR) is 84.3 cm³/mol. The van der Waals surface area contributed by atoms with Crippen LogP contribution in [0.2, 0.25) is 0 Å². The third-order valence-electron chi connectivity index (χ3n) is 3.40. The maximum Gasteiger partial charge on any atom is 0.124 e. The van der Waals surface area contributed by atoms with Gasteiger partial charge in [0.05, 0.1) is 12.6 Å². The highest BCUT2D eigenvalue weighted by molar-refractivity contribution is 5.45. The van der Waals surface area contributed by atoms with Gasteiger partial charge in [-0.1, -0.05) is 47.0 Å². The van der Waals surface area contributed by atoms with Crippen LogP contribution in [0, 0.1) is 20.8 Å². The lowest BCUT2D eigenvalue weighted by Gasteiger charge is -2.18. The molecule has 2 heteroatoms. The molecule has 1 atom stereocenters. The maximum absolute atomic E-state index is 6.47. The van der Waals surface area contributed by atoms with Crippen molar-refractivity contribution >= 4 is 0 Å². The lowest BCUT2D eigenvalue weighted by Crippen LogP contribution is -2.14. The molecule has 0 aliphatic rings. The average Bonchev–Trinajstić information content (AvgIpc) is 2.39. The summed E-state index contributed by atoms with van der Waals surface area (Å²) >= 11 is 0. The van der Waals surface area contributed by atoms with E-state index >= 15 is 0 Å². The minimum atomic E-state index is -0.157. The van der Waals surface area contributed by atoms with E-state index in [9.17, 15) is 0 Å². The van der Waals surface area contributed by atoms with Crippen LogP contribution < -0.4 is 10.5 Å². The van der Waals surface area contributed by atoms with Gasteiger partial charge >= 0.3 is 0 Å². The normalized spacial score (nSPS) is 12.2. The Hall–Kier alpha value is -1.80. The Morgan fingerprint density at radius 2 is 1.60 bits per heavy atom. The molecule has 1 unspecified atom stereocenters. The summed E-state index contributed by atoms with van der Waals surface area (Å²) < 4.78 is 5.72. The zero-order valence-electron chi connectivity index (χ0n) is 12.7. The Balaban J connectivity index is 2.46. The first kappa shape index (κ1) is 14.6. The van der Waals surface area contributed by atoms with E-state index in [1.807, 2.05) is 13.0 Å². The Labute approximate surface area is 121 Å². The molecule has 0 aliphatic carbocycles. The predicted octanol–water partition coefficient (Wildman–Crippen LogP) is 4.06. The van der Waals surface area contributed by atoms with Gasteiger partial charge in [0.25, 0.3) is 0 Å². The fraction of sp³-hybridized carbons (Fsp3) is 0.333. The summed E-state index contributed by atoms with van der Waals surface area (Å²) in [6.45, 7) is 8.92. The molecule has 0 radical (unpaired) electrons. The number of aryl methyl sites for hydroxylation is 3. The van der Waals surface area contributed by atoms with Crippen LogP contribution in [0.5, 0.6) is 5.75 Å². The second-order valence-electron chi connectivity index (χ2n) is 5.37. The van der Waals surface area contributed by atoms with Crippen LogP contribution in [0.25, 0.3) is 0 Å². The maximum atomic E-state index is 6.47. The van der Waals surface area contributed by atoms with E-state index in [0.717, 1.165) is 16.9 Å². The van der Waals surface area contributed by atoms with Crippen molar-refractivity contribution in [3.63, 3.8) is 0 Å². The fourth-order valence-corrected chi connectivity index (χ4v) is 2.57. The summed E-state index contributed by atoms with van der Waals surface area (Å²) in [5, 5.41) is 0. The third-order valence-corrected chi connectivity index (χ3v) is 3.40. The summed E-state index contributed by atoms with van der Waals surface area (Å²) in [6.07, 6.45) is 0. The summed E-state index contributed by atoms with van der Waals surface area (Å²) in [5.74, 6) is 0.879. The molecule has 0 spiro atoms. The van der Waals surface area contributed by atoms with Gasteiger partial charge in [-0.25, -0.2) is 0 Å². The highest BCUT2D eigenvalue weighted by Gasteiger charge is 2.15. The molecule has 20 heavy (non-hydrogen) atoms. The van der Waals surface area contributed by atoms with E-state index in [2.05, 4.69) is 51.1 Å². The van der Waals surface area contributed by atoms with Crippen LogP contribution >= 0.6 is 0 Å². The highest BCUT2D eigenvalue weighted by atomic mass is 16.5. The van der Waals surface area contributed by atoms with Gasteiger partial charge in [-0.15, -0.1) is 0 Å². The number of hydrogen-bond donors (Lipinski definition) is 1. The second kappa shape index (κ2) is 6.10. The van der Waals surface area contributed by atoms with Gasteiger partial charge in [0.15, 0.2) is 0 Å². The summed E-state index contributed by atoms with van der Waals surface area (Å²) in [7, 11) is 0. The molecule has 2 nitrogen and oxygen atoms in total. The van der Waals surface area contributed by atoms with Gasteiger partial charge in [0.2, 0.25) is 0 Å². The first-order valence-electron chi connectivity index (χ1n) is 7.08. The van der Waals surface area contributed by atoms with E-state index in [0.29, 0.717) is 6.61 Å². The van der Waals surface area contributed by atoms with Crippen molar-refractivity contribution in [1.82, 2.24) is 0 Å². The topological polar surface area (TPSA) is 35.2 Å². The molecular weight excluding hydrogens is 246 g/mol. The first-order chi connectivity index (χ1) is 9.51. The highest BCUT2D eigenvalue weighted by Crippen LogP contribution is 2.30. The van der Waals surface area contributed by atoms with Crippen LogP contribution in [0.4, 0.5) is 0 Å². The molecule has 0 aliphatic heterocycles. The molecule has 2 aromatic carbocycles. The van der Waals surface area contributed by atoms with Gasteiger partial charge in [-0.05, 0) is 39.3 Å². The number of nitrogens with two attached hydrogens (primary N) is 1. The monoisotopic (exact) mass is 269 g/mol. The van der Waals surface area contributed by atoms with Crippen molar-refractivity contribution in [2.75, 3.05) is 6.61 Å². The van der Waals surface area contributed by atoms with Crippen molar-refractivity contribution in [2.45, 2.75) is 33.7 Å². The van der Waals surface area contributed by atoms with E-state index in [1.165, 1.54) is 16.7 Å². The minimum absolute atomic E-state index is 0.157. The van der Waals surface area contributed by atoms with E-state index in [-0.39, 0.29) is 6.04 Å². The molecule has 0 saturated heterocycles. The molecular formula is C18H23NO. The van der Waals surface area contributed by atoms with Crippen LogP contribution in [0.1, 0.15) is 40.8 Å². The van der Waals surface area contributed by atoms with E-state index < -0.39 is 0 Å². The average molecular weight is 269 g/mol. The summed E-state index contributed by atoms with van der Waals surface area (Å²) in [6, 6.07) is 12.5. The Bertz CT molecular complexity index is 584. The third kappa shape index (κ3) is 3.20. The quantitative estimate of drug-likeness (QED) is 0.908. The van der Waals surface area contributed by atoms with Gasteiger partial charge in [-0.3, -0.25) is 0 Å². The molecule has 0 fully saturated rings. The van der Waals surface area contributed by atoms with Crippen LogP contribution in [-0.4, -0.2) is 6.61 Å². The number of rotatable bonds is 4. The first-order valence-corrected chi connectivity index (χ1v) is 7.08. The lowest BCUT2D eigenvalue weighted by atomic mass is 9.95. The smallest absolute Gasteiger partial charge is 0.124 e. The van der Waals surface area contributed by atoms with Crippen molar-refractivity contribution in [1.29, 1.82) is 0 Å². The molecule has 0 heterocycles. The molecule has 106 valence electrons. The standard InChI is InChI=1S/C18H23NO/c1-5-20-17-7-6-12(2)11-16(17)18(19)15-9-13(3)8-14(4)10-15/h6-11,18H,5,19H2,1-4H3. The molecule has 2 N–H and O–H groups in total. The summed E-state index contributed by atoms with van der Waals surface area (Å²) in [4.78, 5) is 0. The SMILES string of the molecule is CCOc1ccc(C)cc1C(N)c1cc(C)cc(C)c1. The number of ether oxygens (including phenoxy) is 1. The zero-order chi connectivity index (χ0) is 14.7. The molecule has 0 saturated carbocycles. The van der Waals surface area contributed by atoms with Gasteiger partial charge in [-0.2, -0.15) is 0 Å². The van der Waals surface area contributed by atoms with E-state index in [4.69, 9.17) is 10.5 Å². The Morgan fingerprint density at radius 1 is 0.950 bits per heavy atom. The Kier molecular flexibility index (Phi) is 4.46. The summed E-state index contributed by atoms with van der Waals surface area (Å²) in [5.41, 5.74) is 12.3. The molecule has 0 bridgehead atoms. The van der Waals surface area contributed by atoms with Crippen molar-refractivity contribution in [3.05, 3.63) is 64.2 Å². The van der Waals surface area contributed by atoms with Gasteiger partial charge in [0, 0.05) is 5.56 Å². The van der Waals surface area contributed by atoms with Crippen molar-refractivity contribution < 1.29 is 4.74 Å². The molecule has 0 aromatic heterocycles. The molecule has 2 aromatic rings. The lowest BCUT2D eigenvalue weighted by molar-refractivity contribution is 0.335. The fourth-order valence-electron chi connectivity index (χ4n) is 2.57. The van der Waals surface area contributed by atoms with Crippen LogP contribution in [0.3, 0.4) is 0 Å². The number of benzene rings is 2. The Morgan fingerprint density at radius 3 is 2.20 bits per heavy atom. The van der Waals surface area contributed by atoms with Crippen LogP contribution in [0.15, 0.2) is 36.4 Å². The zero-order valence-corrected chi connectivity index (χ0v) is 12.7. The molecule has 0 amide bonds. The van der Waals surface area contributed by atoms with Gasteiger partial charge in [0.1, 0.15) is 5.75 Å². The minimum Gasteiger partial charge on any atom is -0.494 e. The van der Waals surface area contributed by atoms with Crippen LogP contribution in [-0.2, 0) is 0 Å².